The van der Waals surface area contributed by atoms with Gasteiger partial charge < -0.3 is 14.9 Å². The lowest BCUT2D eigenvalue weighted by Crippen LogP contribution is -2.27. The molecule has 0 amide bonds. The summed E-state index contributed by atoms with van der Waals surface area (Å²) in [5.74, 6) is 0. The smallest absolute Gasteiger partial charge is 0.0839 e. The van der Waals surface area contributed by atoms with Gasteiger partial charge in [0.05, 0.1) is 24.9 Å². The summed E-state index contributed by atoms with van der Waals surface area (Å²) in [5.41, 5.74) is 0. The van der Waals surface area contributed by atoms with Crippen LogP contribution >= 0.6 is 0 Å². The van der Waals surface area contributed by atoms with Gasteiger partial charge in [-0.15, -0.1) is 0 Å². The van der Waals surface area contributed by atoms with Gasteiger partial charge in [-0.1, -0.05) is 26.2 Å². The van der Waals surface area contributed by atoms with Crippen LogP contribution in [-0.4, -0.2) is 35.1 Å². The molecule has 3 heteroatoms. The maximum atomic E-state index is 9.78. The number of aliphatic hydroxyl groups excluding tert-OH is 2. The minimum absolute atomic E-state index is 0.0380. The molecule has 1 rings (SSSR count). The molecule has 0 aromatic carbocycles. The Hall–Kier alpha value is -0.120. The van der Waals surface area contributed by atoms with E-state index in [1.165, 1.54) is 12.8 Å². The van der Waals surface area contributed by atoms with Crippen LogP contribution in [0.3, 0.4) is 0 Å². The largest absolute Gasteiger partial charge is 0.394 e. The van der Waals surface area contributed by atoms with Crippen molar-refractivity contribution in [3.05, 3.63) is 0 Å². The minimum atomic E-state index is -0.335. The fourth-order valence-electron chi connectivity index (χ4n) is 1.94. The van der Waals surface area contributed by atoms with Gasteiger partial charge in [-0.25, -0.2) is 0 Å². The first-order valence-corrected chi connectivity index (χ1v) is 5.72. The van der Waals surface area contributed by atoms with Crippen LogP contribution in [-0.2, 0) is 4.74 Å². The van der Waals surface area contributed by atoms with Crippen molar-refractivity contribution in [2.24, 2.45) is 0 Å². The van der Waals surface area contributed by atoms with E-state index in [9.17, 15) is 5.11 Å². The molecular formula is C11H22O3. The van der Waals surface area contributed by atoms with Gasteiger partial charge in [0.25, 0.3) is 0 Å². The molecule has 3 nitrogen and oxygen atoms in total. The van der Waals surface area contributed by atoms with E-state index in [2.05, 4.69) is 6.92 Å². The Morgan fingerprint density at radius 3 is 2.71 bits per heavy atom. The fraction of sp³-hybridized carbons (Fsp3) is 1.00. The third-order valence-electron chi connectivity index (χ3n) is 2.88. The topological polar surface area (TPSA) is 49.7 Å². The Morgan fingerprint density at radius 1 is 1.36 bits per heavy atom. The van der Waals surface area contributed by atoms with Crippen LogP contribution in [0.4, 0.5) is 0 Å². The summed E-state index contributed by atoms with van der Waals surface area (Å²) < 4.78 is 5.50. The zero-order chi connectivity index (χ0) is 10.4. The van der Waals surface area contributed by atoms with E-state index in [-0.39, 0.29) is 24.9 Å². The molecule has 0 aromatic rings. The van der Waals surface area contributed by atoms with Crippen LogP contribution < -0.4 is 0 Å². The number of ether oxygens (including phenoxy) is 1. The average Bonchev–Trinajstić information content (AvgIpc) is 2.66. The molecule has 1 heterocycles. The second kappa shape index (κ2) is 6.38. The zero-order valence-electron chi connectivity index (χ0n) is 8.98. The molecule has 0 radical (unpaired) electrons. The first-order valence-electron chi connectivity index (χ1n) is 5.72. The van der Waals surface area contributed by atoms with Crippen molar-refractivity contribution in [1.29, 1.82) is 0 Å². The van der Waals surface area contributed by atoms with Gasteiger partial charge in [-0.05, 0) is 19.3 Å². The second-order valence-electron chi connectivity index (χ2n) is 4.12. The van der Waals surface area contributed by atoms with Gasteiger partial charge in [0.15, 0.2) is 0 Å². The highest BCUT2D eigenvalue weighted by Crippen LogP contribution is 2.24. The Morgan fingerprint density at radius 2 is 2.14 bits per heavy atom. The maximum Gasteiger partial charge on any atom is 0.0839 e. The molecule has 0 aliphatic carbocycles. The monoisotopic (exact) mass is 202 g/mol. The van der Waals surface area contributed by atoms with Crippen molar-refractivity contribution in [2.75, 3.05) is 6.61 Å². The van der Waals surface area contributed by atoms with Crippen molar-refractivity contribution in [1.82, 2.24) is 0 Å². The van der Waals surface area contributed by atoms with Crippen LogP contribution in [0.15, 0.2) is 0 Å². The van der Waals surface area contributed by atoms with Crippen LogP contribution in [0.1, 0.15) is 45.4 Å². The number of hydrogen-bond acceptors (Lipinski definition) is 3. The SMILES string of the molecule is CCCCC[C@@H](O)[C@H]1CC[C@@H](CO)O1. The van der Waals surface area contributed by atoms with E-state index in [4.69, 9.17) is 9.84 Å². The van der Waals surface area contributed by atoms with Gasteiger partial charge in [0, 0.05) is 0 Å². The van der Waals surface area contributed by atoms with E-state index < -0.39 is 0 Å². The summed E-state index contributed by atoms with van der Waals surface area (Å²) in [6.45, 7) is 2.23. The summed E-state index contributed by atoms with van der Waals surface area (Å²) in [5, 5.41) is 18.7. The lowest BCUT2D eigenvalue weighted by Gasteiger charge is -2.18. The quantitative estimate of drug-likeness (QED) is 0.641. The lowest BCUT2D eigenvalue weighted by molar-refractivity contribution is -0.0516. The molecule has 14 heavy (non-hydrogen) atoms. The normalized spacial score (nSPS) is 29.4. The summed E-state index contributed by atoms with van der Waals surface area (Å²) in [7, 11) is 0. The fourth-order valence-corrected chi connectivity index (χ4v) is 1.94. The predicted octanol–water partition coefficient (Wildman–Crippen LogP) is 1.47. The second-order valence-corrected chi connectivity index (χ2v) is 4.12. The van der Waals surface area contributed by atoms with Crippen LogP contribution in [0.2, 0.25) is 0 Å². The van der Waals surface area contributed by atoms with Gasteiger partial charge in [-0.3, -0.25) is 0 Å². The molecule has 1 fully saturated rings. The molecule has 1 aliphatic rings. The molecule has 1 saturated heterocycles. The third kappa shape index (κ3) is 3.56. The summed E-state index contributed by atoms with van der Waals surface area (Å²) in [6, 6.07) is 0. The van der Waals surface area contributed by atoms with Crippen molar-refractivity contribution in [3.8, 4) is 0 Å². The molecule has 0 unspecified atom stereocenters. The standard InChI is InChI=1S/C11H22O3/c1-2-3-4-5-10(13)11-7-6-9(8-12)14-11/h9-13H,2-8H2,1H3/t9-,10+,11+/m0/s1. The molecule has 0 bridgehead atoms. The Kier molecular flexibility index (Phi) is 5.45. The average molecular weight is 202 g/mol. The summed E-state index contributed by atoms with van der Waals surface area (Å²) >= 11 is 0. The lowest BCUT2D eigenvalue weighted by atomic mass is 10.0. The summed E-state index contributed by atoms with van der Waals surface area (Å²) in [4.78, 5) is 0. The number of hydrogen-bond donors (Lipinski definition) is 2. The van der Waals surface area contributed by atoms with E-state index in [0.717, 1.165) is 25.7 Å². The van der Waals surface area contributed by atoms with Crippen molar-refractivity contribution in [2.45, 2.75) is 63.8 Å². The predicted molar refractivity (Wildman–Crippen MR) is 55.1 cm³/mol. The minimum Gasteiger partial charge on any atom is -0.394 e. The molecule has 0 spiro atoms. The van der Waals surface area contributed by atoms with Crippen molar-refractivity contribution < 1.29 is 14.9 Å². The van der Waals surface area contributed by atoms with Crippen LogP contribution in [0.5, 0.6) is 0 Å². The highest BCUT2D eigenvalue weighted by atomic mass is 16.5. The van der Waals surface area contributed by atoms with E-state index in [1.807, 2.05) is 0 Å². The van der Waals surface area contributed by atoms with E-state index in [1.54, 1.807) is 0 Å². The van der Waals surface area contributed by atoms with Gasteiger partial charge in [-0.2, -0.15) is 0 Å². The van der Waals surface area contributed by atoms with Crippen molar-refractivity contribution in [3.63, 3.8) is 0 Å². The third-order valence-corrected chi connectivity index (χ3v) is 2.88. The van der Waals surface area contributed by atoms with E-state index in [0.29, 0.717) is 0 Å². The summed E-state index contributed by atoms with van der Waals surface area (Å²) in [6.07, 6.45) is 5.61. The molecule has 3 atom stereocenters. The Balaban J connectivity index is 2.15. The number of aliphatic hydroxyl groups is 2. The van der Waals surface area contributed by atoms with Crippen LogP contribution in [0, 0.1) is 0 Å². The van der Waals surface area contributed by atoms with Gasteiger partial charge >= 0.3 is 0 Å². The maximum absolute atomic E-state index is 9.78. The Bertz CT molecular complexity index is 149. The van der Waals surface area contributed by atoms with Gasteiger partial charge in [0.1, 0.15) is 0 Å². The number of unbranched alkanes of at least 4 members (excludes halogenated alkanes) is 2. The van der Waals surface area contributed by atoms with Crippen molar-refractivity contribution >= 4 is 0 Å². The zero-order valence-corrected chi connectivity index (χ0v) is 8.98. The molecule has 2 N–H and O–H groups in total. The first-order chi connectivity index (χ1) is 6.77. The molecule has 84 valence electrons. The molecule has 0 saturated carbocycles. The van der Waals surface area contributed by atoms with Gasteiger partial charge in [0.2, 0.25) is 0 Å². The van der Waals surface area contributed by atoms with Crippen LogP contribution in [0.25, 0.3) is 0 Å². The highest BCUT2D eigenvalue weighted by molar-refractivity contribution is 4.78. The molecule has 1 aliphatic heterocycles. The van der Waals surface area contributed by atoms with E-state index >= 15 is 0 Å². The highest BCUT2D eigenvalue weighted by Gasteiger charge is 2.29. The molecule has 0 aromatic heterocycles. The molecular weight excluding hydrogens is 180 g/mol. The Labute approximate surface area is 86.1 Å². The first kappa shape index (κ1) is 12.0. The number of rotatable bonds is 6.